The SMILES string of the molecule is CC1(C(=O)O)CCN(S(=O)(=O)c2cscc2C(F)F)CC1. The van der Waals surface area contributed by atoms with Gasteiger partial charge in [-0.15, -0.1) is 0 Å². The van der Waals surface area contributed by atoms with Gasteiger partial charge in [-0.25, -0.2) is 17.2 Å². The lowest BCUT2D eigenvalue weighted by Gasteiger charge is -2.35. The number of alkyl halides is 2. The zero-order valence-electron chi connectivity index (χ0n) is 11.3. The molecular weight excluding hydrogens is 324 g/mol. The smallest absolute Gasteiger partial charge is 0.309 e. The summed E-state index contributed by atoms with van der Waals surface area (Å²) >= 11 is 0.910. The summed E-state index contributed by atoms with van der Waals surface area (Å²) in [6, 6.07) is 0. The average molecular weight is 339 g/mol. The van der Waals surface area contributed by atoms with Crippen LogP contribution in [-0.2, 0) is 14.8 Å². The molecule has 1 aromatic rings. The molecule has 5 nitrogen and oxygen atoms in total. The van der Waals surface area contributed by atoms with Crippen molar-refractivity contribution in [1.29, 1.82) is 0 Å². The van der Waals surface area contributed by atoms with Crippen LogP contribution in [-0.4, -0.2) is 36.9 Å². The normalized spacial score (nSPS) is 19.8. The molecule has 1 aliphatic heterocycles. The van der Waals surface area contributed by atoms with Crippen LogP contribution in [0.4, 0.5) is 8.78 Å². The van der Waals surface area contributed by atoms with Gasteiger partial charge in [-0.2, -0.15) is 15.6 Å². The highest BCUT2D eigenvalue weighted by molar-refractivity contribution is 7.89. The predicted octanol–water partition coefficient (Wildman–Crippen LogP) is 2.56. The molecule has 118 valence electrons. The van der Waals surface area contributed by atoms with E-state index in [0.717, 1.165) is 21.0 Å². The average Bonchev–Trinajstić information content (AvgIpc) is 2.89. The van der Waals surface area contributed by atoms with Gasteiger partial charge in [0.05, 0.1) is 5.41 Å². The molecule has 1 aromatic heterocycles. The van der Waals surface area contributed by atoms with Crippen molar-refractivity contribution in [2.45, 2.75) is 31.1 Å². The van der Waals surface area contributed by atoms with Crippen molar-refractivity contribution in [1.82, 2.24) is 4.31 Å². The lowest BCUT2D eigenvalue weighted by atomic mass is 9.81. The van der Waals surface area contributed by atoms with Crippen LogP contribution in [0.5, 0.6) is 0 Å². The van der Waals surface area contributed by atoms with Gasteiger partial charge in [0, 0.05) is 29.4 Å². The summed E-state index contributed by atoms with van der Waals surface area (Å²) in [5.74, 6) is -0.969. The number of carbonyl (C=O) groups is 1. The van der Waals surface area contributed by atoms with Gasteiger partial charge in [-0.1, -0.05) is 0 Å². The van der Waals surface area contributed by atoms with Crippen LogP contribution in [0.25, 0.3) is 0 Å². The minimum Gasteiger partial charge on any atom is -0.481 e. The molecule has 1 N–H and O–H groups in total. The molecule has 9 heteroatoms. The maximum atomic E-state index is 12.8. The molecule has 0 saturated carbocycles. The second-order valence-corrected chi connectivity index (χ2v) is 7.91. The third-order valence-electron chi connectivity index (χ3n) is 3.85. The van der Waals surface area contributed by atoms with Crippen LogP contribution >= 0.6 is 11.3 Å². The van der Waals surface area contributed by atoms with Crippen molar-refractivity contribution in [2.75, 3.05) is 13.1 Å². The Balaban J connectivity index is 2.23. The molecule has 0 amide bonds. The number of carboxylic acids is 1. The molecule has 21 heavy (non-hydrogen) atoms. The fourth-order valence-electron chi connectivity index (χ4n) is 2.24. The van der Waals surface area contributed by atoms with E-state index in [2.05, 4.69) is 0 Å². The second kappa shape index (κ2) is 5.62. The van der Waals surface area contributed by atoms with Crippen molar-refractivity contribution in [2.24, 2.45) is 5.41 Å². The molecular formula is C12H15F2NO4S2. The van der Waals surface area contributed by atoms with Crippen LogP contribution in [0.1, 0.15) is 31.8 Å². The summed E-state index contributed by atoms with van der Waals surface area (Å²) in [6.07, 6.45) is -2.53. The Kier molecular flexibility index (Phi) is 4.36. The van der Waals surface area contributed by atoms with Crippen LogP contribution in [0, 0.1) is 5.41 Å². The first-order chi connectivity index (χ1) is 9.68. The number of carboxylic acid groups (broad SMARTS) is 1. The number of halogens is 2. The summed E-state index contributed by atoms with van der Waals surface area (Å²) in [5, 5.41) is 11.4. The third kappa shape index (κ3) is 2.95. The van der Waals surface area contributed by atoms with Crippen molar-refractivity contribution in [3.8, 4) is 0 Å². The Bertz CT molecular complexity index is 633. The molecule has 2 heterocycles. The Hall–Kier alpha value is -1.06. The van der Waals surface area contributed by atoms with Gasteiger partial charge in [0.2, 0.25) is 10.0 Å². The highest BCUT2D eigenvalue weighted by atomic mass is 32.2. The number of hydrogen-bond donors (Lipinski definition) is 1. The molecule has 0 spiro atoms. The van der Waals surface area contributed by atoms with E-state index >= 15 is 0 Å². The van der Waals surface area contributed by atoms with Crippen molar-refractivity contribution >= 4 is 27.3 Å². The van der Waals surface area contributed by atoms with E-state index in [9.17, 15) is 22.0 Å². The van der Waals surface area contributed by atoms with E-state index in [1.54, 1.807) is 6.92 Å². The minimum atomic E-state index is -4.00. The molecule has 0 unspecified atom stereocenters. The molecule has 0 radical (unpaired) electrons. The Morgan fingerprint density at radius 3 is 2.43 bits per heavy atom. The summed E-state index contributed by atoms with van der Waals surface area (Å²) in [4.78, 5) is 10.8. The number of piperidine rings is 1. The first kappa shape index (κ1) is 16.3. The highest BCUT2D eigenvalue weighted by Crippen LogP contribution is 2.36. The van der Waals surface area contributed by atoms with E-state index in [1.165, 1.54) is 5.38 Å². The molecule has 2 rings (SSSR count). The Morgan fingerprint density at radius 2 is 1.95 bits per heavy atom. The lowest BCUT2D eigenvalue weighted by molar-refractivity contribution is -0.150. The van der Waals surface area contributed by atoms with Crippen molar-refractivity contribution in [3.63, 3.8) is 0 Å². The van der Waals surface area contributed by atoms with Gasteiger partial charge in [0.1, 0.15) is 4.90 Å². The number of thiophene rings is 1. The lowest BCUT2D eigenvalue weighted by Crippen LogP contribution is -2.45. The van der Waals surface area contributed by atoms with Crippen LogP contribution < -0.4 is 0 Å². The summed E-state index contributed by atoms with van der Waals surface area (Å²) in [5.41, 5.74) is -1.46. The standard InChI is InChI=1S/C12H15F2NO4S2/c1-12(11(16)17)2-4-15(5-3-12)21(18,19)9-7-20-6-8(9)10(13)14/h6-7,10H,2-5H2,1H3,(H,16,17). The first-order valence-electron chi connectivity index (χ1n) is 6.26. The first-order valence-corrected chi connectivity index (χ1v) is 8.64. The van der Waals surface area contributed by atoms with Crippen molar-refractivity contribution < 1.29 is 27.1 Å². The molecule has 1 fully saturated rings. The molecule has 0 atom stereocenters. The number of sulfonamides is 1. The number of hydrogen-bond acceptors (Lipinski definition) is 4. The van der Waals surface area contributed by atoms with Gasteiger partial charge in [-0.05, 0) is 19.8 Å². The van der Waals surface area contributed by atoms with Crippen LogP contribution in [0.3, 0.4) is 0 Å². The van der Waals surface area contributed by atoms with E-state index in [4.69, 9.17) is 5.11 Å². The Morgan fingerprint density at radius 1 is 1.38 bits per heavy atom. The zero-order valence-corrected chi connectivity index (χ0v) is 12.9. The Labute approximate surface area is 125 Å². The van der Waals surface area contributed by atoms with Crippen LogP contribution in [0.2, 0.25) is 0 Å². The van der Waals surface area contributed by atoms with Crippen molar-refractivity contribution in [3.05, 3.63) is 16.3 Å². The molecule has 0 aliphatic carbocycles. The monoisotopic (exact) mass is 339 g/mol. The molecule has 0 bridgehead atoms. The van der Waals surface area contributed by atoms with Crippen LogP contribution in [0.15, 0.2) is 15.7 Å². The predicted molar refractivity (Wildman–Crippen MR) is 73.0 cm³/mol. The molecule has 1 saturated heterocycles. The molecule has 1 aliphatic rings. The van der Waals surface area contributed by atoms with E-state index < -0.39 is 33.4 Å². The summed E-state index contributed by atoms with van der Waals surface area (Å²) in [6.45, 7) is 1.60. The van der Waals surface area contributed by atoms with Gasteiger partial charge < -0.3 is 5.11 Å². The third-order valence-corrected chi connectivity index (χ3v) is 6.72. The largest absolute Gasteiger partial charge is 0.481 e. The van der Waals surface area contributed by atoms with E-state index in [0.29, 0.717) is 0 Å². The fourth-order valence-corrected chi connectivity index (χ4v) is 5.06. The number of aliphatic carboxylic acids is 1. The zero-order chi connectivity index (χ0) is 15.8. The van der Waals surface area contributed by atoms with E-state index in [1.807, 2.05) is 0 Å². The van der Waals surface area contributed by atoms with Gasteiger partial charge in [0.25, 0.3) is 6.43 Å². The summed E-state index contributed by atoms with van der Waals surface area (Å²) < 4.78 is 51.6. The minimum absolute atomic E-state index is 0.0175. The quantitative estimate of drug-likeness (QED) is 0.915. The van der Waals surface area contributed by atoms with Gasteiger partial charge >= 0.3 is 5.97 Å². The maximum Gasteiger partial charge on any atom is 0.309 e. The highest BCUT2D eigenvalue weighted by Gasteiger charge is 2.41. The van der Waals surface area contributed by atoms with E-state index in [-0.39, 0.29) is 30.8 Å². The number of rotatable bonds is 4. The van der Waals surface area contributed by atoms with Gasteiger partial charge in [-0.3, -0.25) is 4.79 Å². The summed E-state index contributed by atoms with van der Waals surface area (Å²) in [7, 11) is -4.00. The topological polar surface area (TPSA) is 74.7 Å². The number of nitrogens with zero attached hydrogens (tertiary/aromatic N) is 1. The maximum absolute atomic E-state index is 12.8. The molecule has 0 aromatic carbocycles. The fraction of sp³-hybridized carbons (Fsp3) is 0.583. The van der Waals surface area contributed by atoms with Gasteiger partial charge in [0.15, 0.2) is 0 Å². The second-order valence-electron chi connectivity index (χ2n) is 5.26.